The Morgan fingerprint density at radius 1 is 1.20 bits per heavy atom. The van der Waals surface area contributed by atoms with E-state index in [-0.39, 0.29) is 0 Å². The van der Waals surface area contributed by atoms with Gasteiger partial charge in [-0.05, 0) is 32.4 Å². The maximum absolute atomic E-state index is 3.51. The van der Waals surface area contributed by atoms with Gasteiger partial charge in [-0.1, -0.05) is 33.1 Å². The van der Waals surface area contributed by atoms with E-state index in [1.54, 1.807) is 0 Å². The van der Waals surface area contributed by atoms with Gasteiger partial charge in [-0.25, -0.2) is 0 Å². The van der Waals surface area contributed by atoms with Crippen LogP contribution in [0.3, 0.4) is 0 Å². The van der Waals surface area contributed by atoms with Gasteiger partial charge in [-0.2, -0.15) is 0 Å². The van der Waals surface area contributed by atoms with Crippen molar-refractivity contribution in [2.24, 2.45) is 5.92 Å². The number of hydrogen-bond donors (Lipinski definition) is 1. The van der Waals surface area contributed by atoms with Crippen molar-refractivity contribution in [1.82, 2.24) is 10.2 Å². The summed E-state index contributed by atoms with van der Waals surface area (Å²) >= 11 is 0. The number of nitrogens with one attached hydrogen (secondary N) is 1. The molecule has 2 heteroatoms. The maximum Gasteiger partial charge on any atom is 0.0107 e. The number of rotatable bonds is 6. The van der Waals surface area contributed by atoms with Crippen molar-refractivity contribution in [3.63, 3.8) is 0 Å². The average Bonchev–Trinajstić information content (AvgIpc) is 2.25. The predicted octanol–water partition coefficient (Wildman–Crippen LogP) is 2.50. The van der Waals surface area contributed by atoms with E-state index in [4.69, 9.17) is 0 Å². The van der Waals surface area contributed by atoms with Crippen molar-refractivity contribution in [3.8, 4) is 0 Å². The molecule has 0 aromatic rings. The van der Waals surface area contributed by atoms with Crippen molar-refractivity contribution in [2.75, 3.05) is 26.7 Å². The first-order valence-electron chi connectivity index (χ1n) is 6.61. The molecule has 0 amide bonds. The van der Waals surface area contributed by atoms with Crippen molar-refractivity contribution < 1.29 is 0 Å². The Morgan fingerprint density at radius 2 is 1.87 bits per heavy atom. The van der Waals surface area contributed by atoms with E-state index >= 15 is 0 Å². The number of nitrogens with zero attached hydrogens (tertiary/aromatic N) is 1. The summed E-state index contributed by atoms with van der Waals surface area (Å²) in [7, 11) is 2.28. The lowest BCUT2D eigenvalue weighted by atomic mass is 9.94. The van der Waals surface area contributed by atoms with Crippen LogP contribution >= 0.6 is 0 Å². The van der Waals surface area contributed by atoms with Crippen molar-refractivity contribution in [2.45, 2.75) is 52.0 Å². The van der Waals surface area contributed by atoms with E-state index < -0.39 is 0 Å². The monoisotopic (exact) mass is 212 g/mol. The third-order valence-electron chi connectivity index (χ3n) is 3.39. The second kappa shape index (κ2) is 7.24. The Hall–Kier alpha value is -0.0800. The number of likely N-dealkylation sites (N-methyl/N-ethyl adjacent to an activating group) is 1. The zero-order valence-electron chi connectivity index (χ0n) is 10.8. The minimum absolute atomic E-state index is 0.769. The fraction of sp³-hybridized carbons (Fsp3) is 1.00. The van der Waals surface area contributed by atoms with Crippen LogP contribution in [0.2, 0.25) is 0 Å². The molecule has 1 N–H and O–H groups in total. The summed E-state index contributed by atoms with van der Waals surface area (Å²) in [4.78, 5) is 2.55. The summed E-state index contributed by atoms with van der Waals surface area (Å²) in [5.74, 6) is 0.769. The zero-order chi connectivity index (χ0) is 11.1. The highest BCUT2D eigenvalue weighted by Gasteiger charge is 2.16. The fourth-order valence-corrected chi connectivity index (χ4v) is 2.35. The molecule has 90 valence electrons. The van der Waals surface area contributed by atoms with Crippen LogP contribution < -0.4 is 5.32 Å². The molecule has 0 atom stereocenters. The summed E-state index contributed by atoms with van der Waals surface area (Å²) in [5, 5.41) is 3.51. The summed E-state index contributed by atoms with van der Waals surface area (Å²) in [6.07, 6.45) is 7.17. The molecule has 1 saturated carbocycles. The predicted molar refractivity (Wildman–Crippen MR) is 67.2 cm³/mol. The van der Waals surface area contributed by atoms with Crippen LogP contribution in [0.25, 0.3) is 0 Å². The van der Waals surface area contributed by atoms with Crippen LogP contribution in [0.1, 0.15) is 46.0 Å². The minimum atomic E-state index is 0.769. The third kappa shape index (κ3) is 5.53. The molecule has 1 aliphatic carbocycles. The van der Waals surface area contributed by atoms with Gasteiger partial charge in [0.15, 0.2) is 0 Å². The van der Waals surface area contributed by atoms with Crippen LogP contribution in [0.5, 0.6) is 0 Å². The molecule has 0 bridgehead atoms. The van der Waals surface area contributed by atoms with Gasteiger partial charge < -0.3 is 10.2 Å². The average molecular weight is 212 g/mol. The molecule has 0 spiro atoms. The van der Waals surface area contributed by atoms with Crippen molar-refractivity contribution in [1.29, 1.82) is 0 Å². The van der Waals surface area contributed by atoms with E-state index in [2.05, 4.69) is 31.1 Å². The fourth-order valence-electron chi connectivity index (χ4n) is 2.35. The molecule has 0 aromatic carbocycles. The molecular weight excluding hydrogens is 184 g/mol. The molecule has 1 aliphatic rings. The highest BCUT2D eigenvalue weighted by atomic mass is 15.1. The highest BCUT2D eigenvalue weighted by Crippen LogP contribution is 2.21. The molecule has 0 heterocycles. The molecule has 0 aliphatic heterocycles. The zero-order valence-corrected chi connectivity index (χ0v) is 10.8. The second-order valence-corrected chi connectivity index (χ2v) is 5.37. The first-order chi connectivity index (χ1) is 7.20. The van der Waals surface area contributed by atoms with Crippen molar-refractivity contribution >= 4 is 0 Å². The maximum atomic E-state index is 3.51. The van der Waals surface area contributed by atoms with Crippen LogP contribution in [0, 0.1) is 5.92 Å². The lowest BCUT2D eigenvalue weighted by molar-refractivity contribution is 0.192. The largest absolute Gasteiger partial charge is 0.315 e. The molecule has 2 nitrogen and oxygen atoms in total. The topological polar surface area (TPSA) is 15.3 Å². The Kier molecular flexibility index (Phi) is 6.26. The Labute approximate surface area is 95.4 Å². The molecule has 15 heavy (non-hydrogen) atoms. The van der Waals surface area contributed by atoms with E-state index in [1.807, 2.05) is 0 Å². The lowest BCUT2D eigenvalue weighted by Gasteiger charge is -2.31. The smallest absolute Gasteiger partial charge is 0.0107 e. The van der Waals surface area contributed by atoms with E-state index in [1.165, 1.54) is 38.6 Å². The van der Waals surface area contributed by atoms with Gasteiger partial charge in [0.1, 0.15) is 0 Å². The molecular formula is C13H28N2. The van der Waals surface area contributed by atoms with Gasteiger partial charge in [0.05, 0.1) is 0 Å². The van der Waals surface area contributed by atoms with Crippen LogP contribution in [-0.4, -0.2) is 37.6 Å². The minimum Gasteiger partial charge on any atom is -0.315 e. The van der Waals surface area contributed by atoms with Gasteiger partial charge in [-0.3, -0.25) is 0 Å². The second-order valence-electron chi connectivity index (χ2n) is 5.37. The van der Waals surface area contributed by atoms with Crippen LogP contribution in [0.15, 0.2) is 0 Å². The van der Waals surface area contributed by atoms with E-state index in [9.17, 15) is 0 Å². The summed E-state index contributed by atoms with van der Waals surface area (Å²) in [6.45, 7) is 8.02. The van der Waals surface area contributed by atoms with E-state index in [0.717, 1.165) is 25.0 Å². The third-order valence-corrected chi connectivity index (χ3v) is 3.39. The summed E-state index contributed by atoms with van der Waals surface area (Å²) < 4.78 is 0. The Balaban J connectivity index is 2.04. The summed E-state index contributed by atoms with van der Waals surface area (Å²) in [6, 6.07) is 0.861. The normalized spacial score (nSPS) is 19.0. The van der Waals surface area contributed by atoms with Crippen LogP contribution in [-0.2, 0) is 0 Å². The molecule has 1 fully saturated rings. The van der Waals surface area contributed by atoms with Gasteiger partial charge in [0.2, 0.25) is 0 Å². The highest BCUT2D eigenvalue weighted by molar-refractivity contribution is 4.73. The molecule has 0 radical (unpaired) electrons. The van der Waals surface area contributed by atoms with Gasteiger partial charge in [0, 0.05) is 19.1 Å². The van der Waals surface area contributed by atoms with Gasteiger partial charge in [0.25, 0.3) is 0 Å². The lowest BCUT2D eigenvalue weighted by Crippen LogP contribution is -2.38. The number of hydrogen-bond acceptors (Lipinski definition) is 2. The van der Waals surface area contributed by atoms with Gasteiger partial charge in [-0.15, -0.1) is 0 Å². The molecule has 0 unspecified atom stereocenters. The van der Waals surface area contributed by atoms with Gasteiger partial charge >= 0.3 is 0 Å². The quantitative estimate of drug-likeness (QED) is 0.681. The van der Waals surface area contributed by atoms with E-state index in [0.29, 0.717) is 0 Å². The molecule has 1 rings (SSSR count). The summed E-state index contributed by atoms with van der Waals surface area (Å²) in [5.41, 5.74) is 0. The van der Waals surface area contributed by atoms with Crippen molar-refractivity contribution in [3.05, 3.63) is 0 Å². The molecule has 0 aromatic heterocycles. The standard InChI is InChI=1S/C13H28N2/c1-12(2)11-14-9-10-15(3)13-7-5-4-6-8-13/h12-14H,4-11H2,1-3H3. The van der Waals surface area contributed by atoms with Crippen LogP contribution in [0.4, 0.5) is 0 Å². The SMILES string of the molecule is CC(C)CNCCN(C)C1CCCCC1. The first kappa shape index (κ1) is 13.0. The Bertz CT molecular complexity index is 151. The Morgan fingerprint density at radius 3 is 2.47 bits per heavy atom. The molecule has 0 saturated heterocycles. The first-order valence-corrected chi connectivity index (χ1v) is 6.61.